The van der Waals surface area contributed by atoms with Crippen LogP contribution in [0.4, 0.5) is 0 Å². The van der Waals surface area contributed by atoms with Gasteiger partial charge in [-0.3, -0.25) is 4.79 Å². The lowest BCUT2D eigenvalue weighted by molar-refractivity contribution is -0.129. The predicted octanol–water partition coefficient (Wildman–Crippen LogP) is 3.03. The second-order valence-corrected chi connectivity index (χ2v) is 5.50. The van der Waals surface area contributed by atoms with Gasteiger partial charge in [-0.15, -0.1) is 0 Å². The van der Waals surface area contributed by atoms with E-state index in [9.17, 15) is 9.59 Å². The molecule has 24 heavy (non-hydrogen) atoms. The summed E-state index contributed by atoms with van der Waals surface area (Å²) in [5, 5.41) is 3.54. The van der Waals surface area contributed by atoms with Gasteiger partial charge in [0.1, 0.15) is 0 Å². The zero-order valence-electron chi connectivity index (χ0n) is 13.3. The Hall–Kier alpha value is -3.08. The van der Waals surface area contributed by atoms with E-state index in [-0.39, 0.29) is 5.91 Å². The molecule has 0 unspecified atom stereocenters. The SMILES string of the molecule is C[C@H](OC(=O)c1c[nH]c2ccccc12)C(=O)NCc1ccccc1. The Bertz CT molecular complexity index is 855. The smallest absolute Gasteiger partial charge is 0.341 e. The largest absolute Gasteiger partial charge is 0.449 e. The topological polar surface area (TPSA) is 71.2 Å². The van der Waals surface area contributed by atoms with Crippen molar-refractivity contribution in [1.29, 1.82) is 0 Å². The van der Waals surface area contributed by atoms with Gasteiger partial charge in [-0.1, -0.05) is 48.5 Å². The quantitative estimate of drug-likeness (QED) is 0.709. The number of ether oxygens (including phenoxy) is 1. The Morgan fingerprint density at radius 2 is 1.79 bits per heavy atom. The molecule has 0 spiro atoms. The summed E-state index contributed by atoms with van der Waals surface area (Å²) in [5.74, 6) is -0.846. The highest BCUT2D eigenvalue weighted by Crippen LogP contribution is 2.19. The summed E-state index contributed by atoms with van der Waals surface area (Å²) >= 11 is 0. The maximum absolute atomic E-state index is 12.3. The fraction of sp³-hybridized carbons (Fsp3) is 0.158. The molecule has 1 amide bonds. The third-order valence-corrected chi connectivity index (χ3v) is 3.77. The lowest BCUT2D eigenvalue weighted by atomic mass is 10.2. The minimum Gasteiger partial charge on any atom is -0.449 e. The van der Waals surface area contributed by atoms with Crippen molar-refractivity contribution in [2.75, 3.05) is 0 Å². The summed E-state index contributed by atoms with van der Waals surface area (Å²) in [7, 11) is 0. The molecule has 2 aromatic carbocycles. The molecule has 0 saturated carbocycles. The van der Waals surface area contributed by atoms with E-state index in [0.717, 1.165) is 16.5 Å². The van der Waals surface area contributed by atoms with Crippen LogP contribution < -0.4 is 5.32 Å². The summed E-state index contributed by atoms with van der Waals surface area (Å²) in [6.45, 7) is 1.96. The van der Waals surface area contributed by atoms with Gasteiger partial charge in [0, 0.05) is 23.6 Å². The van der Waals surface area contributed by atoms with Crippen LogP contribution in [-0.4, -0.2) is 23.0 Å². The number of amides is 1. The van der Waals surface area contributed by atoms with Gasteiger partial charge in [0.2, 0.25) is 0 Å². The molecule has 0 radical (unpaired) electrons. The zero-order chi connectivity index (χ0) is 16.9. The number of carbonyl (C=O) groups excluding carboxylic acids is 2. The van der Waals surface area contributed by atoms with Gasteiger partial charge in [0.05, 0.1) is 5.56 Å². The summed E-state index contributed by atoms with van der Waals surface area (Å²) in [6, 6.07) is 17.0. The van der Waals surface area contributed by atoms with E-state index in [4.69, 9.17) is 4.74 Å². The van der Waals surface area contributed by atoms with Gasteiger partial charge in [0.15, 0.2) is 6.10 Å². The van der Waals surface area contributed by atoms with Crippen LogP contribution in [0, 0.1) is 0 Å². The van der Waals surface area contributed by atoms with Crippen LogP contribution in [0.5, 0.6) is 0 Å². The molecular weight excluding hydrogens is 304 g/mol. The van der Waals surface area contributed by atoms with Crippen molar-refractivity contribution in [3.8, 4) is 0 Å². The van der Waals surface area contributed by atoms with Crippen LogP contribution in [-0.2, 0) is 16.1 Å². The molecule has 5 heteroatoms. The number of aromatic amines is 1. The van der Waals surface area contributed by atoms with Gasteiger partial charge in [0.25, 0.3) is 5.91 Å². The number of hydrogen-bond donors (Lipinski definition) is 2. The number of para-hydroxylation sites is 1. The summed E-state index contributed by atoms with van der Waals surface area (Å²) in [4.78, 5) is 27.4. The maximum atomic E-state index is 12.3. The van der Waals surface area contributed by atoms with E-state index in [1.54, 1.807) is 13.1 Å². The molecule has 1 atom stereocenters. The van der Waals surface area contributed by atoms with Crippen molar-refractivity contribution < 1.29 is 14.3 Å². The molecule has 5 nitrogen and oxygen atoms in total. The van der Waals surface area contributed by atoms with Crippen molar-refractivity contribution >= 4 is 22.8 Å². The first-order valence-electron chi connectivity index (χ1n) is 7.74. The molecule has 0 aliphatic rings. The second-order valence-electron chi connectivity index (χ2n) is 5.50. The van der Waals surface area contributed by atoms with E-state index in [2.05, 4.69) is 10.3 Å². The molecule has 0 bridgehead atoms. The van der Waals surface area contributed by atoms with Gasteiger partial charge >= 0.3 is 5.97 Å². The number of nitrogens with one attached hydrogen (secondary N) is 2. The Balaban J connectivity index is 1.60. The average molecular weight is 322 g/mol. The van der Waals surface area contributed by atoms with Crippen molar-refractivity contribution in [2.45, 2.75) is 19.6 Å². The highest BCUT2D eigenvalue weighted by atomic mass is 16.5. The van der Waals surface area contributed by atoms with Gasteiger partial charge < -0.3 is 15.0 Å². The summed E-state index contributed by atoms with van der Waals surface area (Å²) < 4.78 is 5.28. The van der Waals surface area contributed by atoms with E-state index in [1.165, 1.54) is 0 Å². The molecule has 0 saturated heterocycles. The van der Waals surface area contributed by atoms with Crippen LogP contribution in [0.3, 0.4) is 0 Å². The summed E-state index contributed by atoms with van der Waals surface area (Å²) in [6.07, 6.45) is 0.733. The number of hydrogen-bond acceptors (Lipinski definition) is 3. The first-order chi connectivity index (χ1) is 11.6. The lowest BCUT2D eigenvalue weighted by Crippen LogP contribution is -2.35. The monoisotopic (exact) mass is 322 g/mol. The van der Waals surface area contributed by atoms with Crippen LogP contribution in [0.25, 0.3) is 10.9 Å². The molecule has 3 rings (SSSR count). The van der Waals surface area contributed by atoms with Crippen LogP contribution in [0.1, 0.15) is 22.8 Å². The van der Waals surface area contributed by atoms with E-state index < -0.39 is 12.1 Å². The number of rotatable bonds is 5. The minimum absolute atomic E-state index is 0.327. The molecule has 0 aliphatic heterocycles. The zero-order valence-corrected chi connectivity index (χ0v) is 13.3. The molecule has 0 fully saturated rings. The molecule has 1 heterocycles. The van der Waals surface area contributed by atoms with Crippen molar-refractivity contribution in [3.05, 3.63) is 71.9 Å². The Labute approximate surface area is 139 Å². The highest BCUT2D eigenvalue weighted by molar-refractivity contribution is 6.04. The van der Waals surface area contributed by atoms with Gasteiger partial charge in [-0.2, -0.15) is 0 Å². The normalized spacial score (nSPS) is 11.9. The number of aromatic nitrogens is 1. The molecule has 0 aliphatic carbocycles. The molecule has 122 valence electrons. The molecule has 2 N–H and O–H groups in total. The molecule has 1 aromatic heterocycles. The van der Waals surface area contributed by atoms with Crippen LogP contribution in [0.15, 0.2) is 60.8 Å². The number of esters is 1. The number of H-pyrrole nitrogens is 1. The highest BCUT2D eigenvalue weighted by Gasteiger charge is 2.20. The Kier molecular flexibility index (Phi) is 4.61. The maximum Gasteiger partial charge on any atom is 0.341 e. The third-order valence-electron chi connectivity index (χ3n) is 3.77. The number of carbonyl (C=O) groups is 2. The number of fused-ring (bicyclic) bond motifs is 1. The Morgan fingerprint density at radius 1 is 1.08 bits per heavy atom. The predicted molar refractivity (Wildman–Crippen MR) is 91.5 cm³/mol. The van der Waals surface area contributed by atoms with Gasteiger partial charge in [-0.05, 0) is 18.6 Å². The third kappa shape index (κ3) is 3.46. The van der Waals surface area contributed by atoms with E-state index in [0.29, 0.717) is 12.1 Å². The molecular formula is C19H18N2O3. The fourth-order valence-corrected chi connectivity index (χ4v) is 2.45. The first-order valence-corrected chi connectivity index (χ1v) is 7.74. The summed E-state index contributed by atoms with van der Waals surface area (Å²) in [5.41, 5.74) is 2.26. The van der Waals surface area contributed by atoms with Crippen molar-refractivity contribution in [2.24, 2.45) is 0 Å². The second kappa shape index (κ2) is 7.00. The van der Waals surface area contributed by atoms with E-state index >= 15 is 0 Å². The fourth-order valence-electron chi connectivity index (χ4n) is 2.45. The van der Waals surface area contributed by atoms with E-state index in [1.807, 2.05) is 54.6 Å². The minimum atomic E-state index is -0.866. The van der Waals surface area contributed by atoms with Crippen molar-refractivity contribution in [3.63, 3.8) is 0 Å². The Morgan fingerprint density at radius 3 is 2.58 bits per heavy atom. The number of benzene rings is 2. The molecule has 3 aromatic rings. The standard InChI is InChI=1S/C19H18N2O3/c1-13(18(22)21-11-14-7-3-2-4-8-14)24-19(23)16-12-20-17-10-6-5-9-15(16)17/h2-10,12-13,20H,11H2,1H3,(H,21,22)/t13-/m0/s1. The van der Waals surface area contributed by atoms with Crippen LogP contribution >= 0.6 is 0 Å². The van der Waals surface area contributed by atoms with Crippen molar-refractivity contribution in [1.82, 2.24) is 10.3 Å². The first kappa shape index (κ1) is 15.8. The van der Waals surface area contributed by atoms with Gasteiger partial charge in [-0.25, -0.2) is 4.79 Å². The lowest BCUT2D eigenvalue weighted by Gasteiger charge is -2.13. The van der Waals surface area contributed by atoms with Crippen LogP contribution in [0.2, 0.25) is 0 Å². The average Bonchev–Trinajstić information content (AvgIpc) is 3.04.